The van der Waals surface area contributed by atoms with E-state index in [2.05, 4.69) is 4.74 Å². The van der Waals surface area contributed by atoms with Crippen LogP contribution in [0.25, 0.3) is 0 Å². The van der Waals surface area contributed by atoms with Gasteiger partial charge in [0.05, 0.1) is 12.7 Å². The Hall–Kier alpha value is -2.44. The molecule has 7 nitrogen and oxygen atoms in total. The van der Waals surface area contributed by atoms with Crippen LogP contribution in [0.4, 0.5) is 5.69 Å². The largest absolute Gasteiger partial charge is 0.468 e. The summed E-state index contributed by atoms with van der Waals surface area (Å²) in [6.07, 6.45) is 0.715. The first-order valence-corrected chi connectivity index (χ1v) is 6.62. The molecule has 0 saturated heterocycles. The number of carbonyl (C=O) groups is 2. The van der Waals surface area contributed by atoms with Gasteiger partial charge in [-0.3, -0.25) is 9.59 Å². The summed E-state index contributed by atoms with van der Waals surface area (Å²) in [6, 6.07) is 3.10. The van der Waals surface area contributed by atoms with Crippen molar-refractivity contribution in [3.05, 3.63) is 17.7 Å². The number of ether oxygens (including phenoxy) is 3. The molecule has 7 heteroatoms. The molecule has 0 bridgehead atoms. The van der Waals surface area contributed by atoms with Gasteiger partial charge in [-0.15, -0.1) is 0 Å². The van der Waals surface area contributed by atoms with E-state index < -0.39 is 5.97 Å². The molecule has 0 unspecified atom stereocenters. The number of hydrogen-bond acceptors (Lipinski definition) is 6. The Morgan fingerprint density at radius 3 is 2.62 bits per heavy atom. The fourth-order valence-corrected chi connectivity index (χ4v) is 2.06. The molecular weight excluding hydrogens is 276 g/mol. The lowest BCUT2D eigenvalue weighted by molar-refractivity contribution is -0.141. The highest BCUT2D eigenvalue weighted by molar-refractivity contribution is 6.01. The number of hydrogen-bond donors (Lipinski definition) is 1. The first-order chi connectivity index (χ1) is 10.1. The van der Waals surface area contributed by atoms with E-state index >= 15 is 0 Å². The third-order valence-electron chi connectivity index (χ3n) is 3.10. The Morgan fingerprint density at radius 1 is 1.33 bits per heavy atom. The Labute approximate surface area is 122 Å². The van der Waals surface area contributed by atoms with Crippen molar-refractivity contribution in [3.63, 3.8) is 0 Å². The van der Waals surface area contributed by atoms with Crippen LogP contribution < -0.4 is 15.2 Å². The van der Waals surface area contributed by atoms with E-state index in [0.717, 1.165) is 0 Å². The molecule has 1 aromatic rings. The number of esters is 1. The van der Waals surface area contributed by atoms with E-state index in [4.69, 9.17) is 15.2 Å². The summed E-state index contributed by atoms with van der Waals surface area (Å²) < 4.78 is 15.1. The van der Waals surface area contributed by atoms with Gasteiger partial charge in [-0.25, -0.2) is 0 Å². The van der Waals surface area contributed by atoms with Crippen LogP contribution in [0.2, 0.25) is 0 Å². The topological polar surface area (TPSA) is 91.1 Å². The monoisotopic (exact) mass is 294 g/mol. The first-order valence-electron chi connectivity index (χ1n) is 6.62. The maximum absolute atomic E-state index is 12.5. The molecule has 0 aliphatic carbocycles. The normalized spacial score (nSPS) is 12.1. The number of nitrogen functional groups attached to an aromatic ring is 1. The molecule has 2 N–H and O–H groups in total. The molecule has 0 spiro atoms. The van der Waals surface area contributed by atoms with Gasteiger partial charge in [0.25, 0.3) is 5.91 Å². The second-order valence-corrected chi connectivity index (χ2v) is 4.60. The maximum Gasteiger partial charge on any atom is 0.325 e. The summed E-state index contributed by atoms with van der Waals surface area (Å²) in [5.41, 5.74) is 6.47. The van der Waals surface area contributed by atoms with Gasteiger partial charge in [-0.2, -0.15) is 0 Å². The summed E-state index contributed by atoms with van der Waals surface area (Å²) in [4.78, 5) is 25.4. The predicted octanol–water partition coefficient (Wildman–Crippen LogP) is 1.02. The summed E-state index contributed by atoms with van der Waals surface area (Å²) in [7, 11) is 1.28. The van der Waals surface area contributed by atoms with Crippen molar-refractivity contribution < 1.29 is 23.8 Å². The highest BCUT2D eigenvalue weighted by Gasteiger charge is 2.24. The number of nitrogens with two attached hydrogens (primary N) is 1. The van der Waals surface area contributed by atoms with Gasteiger partial charge in [0, 0.05) is 18.3 Å². The van der Waals surface area contributed by atoms with Crippen molar-refractivity contribution in [2.45, 2.75) is 13.3 Å². The fourth-order valence-electron chi connectivity index (χ4n) is 2.06. The lowest BCUT2D eigenvalue weighted by Crippen LogP contribution is -2.37. The lowest BCUT2D eigenvalue weighted by atomic mass is 10.1. The average Bonchev–Trinajstić information content (AvgIpc) is 2.92. The van der Waals surface area contributed by atoms with Crippen LogP contribution >= 0.6 is 0 Å². The molecular formula is C14H18N2O5. The number of amides is 1. The van der Waals surface area contributed by atoms with Crippen molar-refractivity contribution in [3.8, 4) is 11.5 Å². The lowest BCUT2D eigenvalue weighted by Gasteiger charge is -2.21. The molecule has 0 aromatic heterocycles. The molecule has 0 saturated carbocycles. The van der Waals surface area contributed by atoms with Crippen molar-refractivity contribution in [2.75, 3.05) is 32.7 Å². The molecule has 1 aliphatic rings. The SMILES string of the molecule is CCCN(CC(=O)OC)C(=O)c1cc2c(cc1N)OCO2. The van der Waals surface area contributed by atoms with Crippen LogP contribution in [-0.2, 0) is 9.53 Å². The van der Waals surface area contributed by atoms with E-state index in [0.29, 0.717) is 24.5 Å². The number of rotatable bonds is 5. The first kappa shape index (κ1) is 15.0. The predicted molar refractivity (Wildman–Crippen MR) is 75.2 cm³/mol. The molecule has 0 radical (unpaired) electrons. The average molecular weight is 294 g/mol. The number of nitrogens with zero attached hydrogens (tertiary/aromatic N) is 1. The summed E-state index contributed by atoms with van der Waals surface area (Å²) in [5.74, 6) is 0.176. The number of carbonyl (C=O) groups excluding carboxylic acids is 2. The third kappa shape index (κ3) is 3.18. The van der Waals surface area contributed by atoms with Crippen LogP contribution in [0.1, 0.15) is 23.7 Å². The van der Waals surface area contributed by atoms with E-state index in [1.807, 2.05) is 6.92 Å². The Bertz CT molecular complexity index is 559. The molecule has 1 aromatic carbocycles. The highest BCUT2D eigenvalue weighted by Crippen LogP contribution is 2.36. The van der Waals surface area contributed by atoms with E-state index in [-0.39, 0.29) is 30.5 Å². The van der Waals surface area contributed by atoms with Crippen LogP contribution in [0.5, 0.6) is 11.5 Å². The third-order valence-corrected chi connectivity index (χ3v) is 3.10. The van der Waals surface area contributed by atoms with Crippen LogP contribution in [-0.4, -0.2) is 43.8 Å². The van der Waals surface area contributed by atoms with Crippen molar-refractivity contribution in [1.29, 1.82) is 0 Å². The molecule has 0 fully saturated rings. The van der Waals surface area contributed by atoms with Gasteiger partial charge in [-0.05, 0) is 12.5 Å². The second kappa shape index (κ2) is 6.34. The van der Waals surface area contributed by atoms with Crippen LogP contribution in [0.15, 0.2) is 12.1 Å². The number of methoxy groups -OCH3 is 1. The van der Waals surface area contributed by atoms with Gasteiger partial charge in [0.1, 0.15) is 6.54 Å². The zero-order valence-electron chi connectivity index (χ0n) is 12.0. The standard InChI is InChI=1S/C14H18N2O5/c1-3-4-16(7-13(17)19-2)14(18)9-5-11-12(6-10(9)15)21-8-20-11/h5-6H,3-4,7-8,15H2,1-2H3. The minimum absolute atomic E-state index is 0.104. The minimum atomic E-state index is -0.476. The summed E-state index contributed by atoms with van der Waals surface area (Å²) >= 11 is 0. The van der Waals surface area contributed by atoms with Crippen LogP contribution in [0.3, 0.4) is 0 Å². The second-order valence-electron chi connectivity index (χ2n) is 4.60. The Kier molecular flexibility index (Phi) is 4.52. The van der Waals surface area contributed by atoms with Crippen molar-refractivity contribution in [1.82, 2.24) is 4.90 Å². The molecule has 1 amide bonds. The molecule has 0 atom stereocenters. The number of fused-ring (bicyclic) bond motifs is 1. The smallest absolute Gasteiger partial charge is 0.325 e. The highest BCUT2D eigenvalue weighted by atomic mass is 16.7. The Morgan fingerprint density at radius 2 is 2.00 bits per heavy atom. The minimum Gasteiger partial charge on any atom is -0.468 e. The quantitative estimate of drug-likeness (QED) is 0.644. The van der Waals surface area contributed by atoms with E-state index in [1.54, 1.807) is 12.1 Å². The molecule has 1 heterocycles. The van der Waals surface area contributed by atoms with Crippen molar-refractivity contribution in [2.24, 2.45) is 0 Å². The zero-order valence-corrected chi connectivity index (χ0v) is 12.0. The van der Waals surface area contributed by atoms with Crippen molar-refractivity contribution >= 4 is 17.6 Å². The Balaban J connectivity index is 2.26. The van der Waals surface area contributed by atoms with Gasteiger partial charge in [0.2, 0.25) is 6.79 Å². The summed E-state index contributed by atoms with van der Waals surface area (Å²) in [6.45, 7) is 2.34. The summed E-state index contributed by atoms with van der Waals surface area (Å²) in [5, 5.41) is 0. The van der Waals surface area contributed by atoms with E-state index in [9.17, 15) is 9.59 Å². The zero-order chi connectivity index (χ0) is 15.4. The number of anilines is 1. The van der Waals surface area contributed by atoms with Gasteiger partial charge < -0.3 is 24.8 Å². The van der Waals surface area contributed by atoms with Crippen LogP contribution in [0, 0.1) is 0 Å². The van der Waals surface area contributed by atoms with Gasteiger partial charge in [0.15, 0.2) is 11.5 Å². The van der Waals surface area contributed by atoms with E-state index in [1.165, 1.54) is 12.0 Å². The number of benzene rings is 1. The molecule has 2 rings (SSSR count). The molecule has 1 aliphatic heterocycles. The van der Waals surface area contributed by atoms with Gasteiger partial charge in [-0.1, -0.05) is 6.92 Å². The maximum atomic E-state index is 12.5. The molecule has 114 valence electrons. The fraction of sp³-hybridized carbons (Fsp3) is 0.429. The molecule has 21 heavy (non-hydrogen) atoms. The van der Waals surface area contributed by atoms with Gasteiger partial charge >= 0.3 is 5.97 Å².